The lowest BCUT2D eigenvalue weighted by Crippen LogP contribution is -2.39. The molecule has 1 saturated heterocycles. The van der Waals surface area contributed by atoms with Crippen molar-refractivity contribution in [2.24, 2.45) is 5.73 Å². The summed E-state index contributed by atoms with van der Waals surface area (Å²) in [5.41, 5.74) is 6.52. The lowest BCUT2D eigenvalue weighted by molar-refractivity contribution is 0.337. The first-order valence-electron chi connectivity index (χ1n) is 6.18. The van der Waals surface area contributed by atoms with E-state index in [1.165, 1.54) is 0 Å². The van der Waals surface area contributed by atoms with Gasteiger partial charge in [0.25, 0.3) is 0 Å². The topological polar surface area (TPSA) is 58.3 Å². The van der Waals surface area contributed by atoms with Crippen LogP contribution in [0.15, 0.2) is 12.3 Å². The minimum atomic E-state index is 0.440. The van der Waals surface area contributed by atoms with Crippen LogP contribution in [0.2, 0.25) is 0 Å². The van der Waals surface area contributed by atoms with Gasteiger partial charge >= 0.3 is 0 Å². The Morgan fingerprint density at radius 3 is 3.06 bits per heavy atom. The lowest BCUT2D eigenvalue weighted by Gasteiger charge is -2.28. The Bertz CT molecular complexity index is 368. The van der Waals surface area contributed by atoms with E-state index in [4.69, 9.17) is 5.73 Å². The summed E-state index contributed by atoms with van der Waals surface area (Å²) in [5, 5.41) is 0. The average Bonchev–Trinajstić information content (AvgIpc) is 2.50. The molecule has 0 saturated carbocycles. The van der Waals surface area contributed by atoms with Gasteiger partial charge in [0.15, 0.2) is 0 Å². The monoisotopic (exact) mass is 235 g/mol. The van der Waals surface area contributed by atoms with Crippen molar-refractivity contribution in [3.63, 3.8) is 0 Å². The van der Waals surface area contributed by atoms with Crippen molar-refractivity contribution >= 4 is 5.95 Å². The van der Waals surface area contributed by atoms with Crippen LogP contribution in [0.4, 0.5) is 5.95 Å². The molecule has 0 aromatic carbocycles. The summed E-state index contributed by atoms with van der Waals surface area (Å²) in [5.74, 6) is 0.816. The molecule has 5 heteroatoms. The molecule has 0 spiro atoms. The number of nitrogens with zero attached hydrogens (tertiary/aromatic N) is 4. The van der Waals surface area contributed by atoms with Gasteiger partial charge in [0, 0.05) is 31.9 Å². The van der Waals surface area contributed by atoms with Crippen molar-refractivity contribution in [3.8, 4) is 0 Å². The molecule has 0 radical (unpaired) electrons. The minimum Gasteiger partial charge on any atom is -0.337 e. The third kappa shape index (κ3) is 2.92. The Labute approximate surface area is 103 Å². The van der Waals surface area contributed by atoms with Crippen LogP contribution in [-0.2, 0) is 6.54 Å². The third-order valence-electron chi connectivity index (χ3n) is 3.21. The normalized spacial score (nSPS) is 22.5. The van der Waals surface area contributed by atoms with E-state index in [9.17, 15) is 0 Å². The van der Waals surface area contributed by atoms with Gasteiger partial charge in [-0.25, -0.2) is 9.97 Å². The minimum absolute atomic E-state index is 0.440. The van der Waals surface area contributed by atoms with Gasteiger partial charge in [0.2, 0.25) is 5.95 Å². The highest BCUT2D eigenvalue weighted by molar-refractivity contribution is 5.32. The molecular weight excluding hydrogens is 214 g/mol. The SMILES string of the molecule is CC1CN(C)CCCN1c1nccc(CN)n1. The summed E-state index contributed by atoms with van der Waals surface area (Å²) in [6.45, 7) is 5.89. The van der Waals surface area contributed by atoms with E-state index in [1.807, 2.05) is 6.07 Å². The quantitative estimate of drug-likeness (QED) is 0.807. The molecule has 2 rings (SSSR count). The average molecular weight is 235 g/mol. The lowest BCUT2D eigenvalue weighted by atomic mass is 10.3. The predicted octanol–water partition coefficient (Wildman–Crippen LogP) is 0.466. The molecule has 17 heavy (non-hydrogen) atoms. The zero-order valence-corrected chi connectivity index (χ0v) is 10.6. The molecule has 1 atom stereocenters. The second kappa shape index (κ2) is 5.42. The van der Waals surface area contributed by atoms with Crippen LogP contribution in [0.5, 0.6) is 0 Å². The van der Waals surface area contributed by atoms with Crippen molar-refractivity contribution in [3.05, 3.63) is 18.0 Å². The number of aromatic nitrogens is 2. The van der Waals surface area contributed by atoms with Crippen molar-refractivity contribution < 1.29 is 0 Å². The third-order valence-corrected chi connectivity index (χ3v) is 3.21. The van der Waals surface area contributed by atoms with Gasteiger partial charge in [-0.2, -0.15) is 0 Å². The summed E-state index contributed by atoms with van der Waals surface area (Å²) in [6.07, 6.45) is 2.95. The number of anilines is 1. The van der Waals surface area contributed by atoms with Crippen LogP contribution in [0.3, 0.4) is 0 Å². The van der Waals surface area contributed by atoms with Gasteiger partial charge < -0.3 is 15.5 Å². The first-order valence-corrected chi connectivity index (χ1v) is 6.18. The molecular formula is C12H21N5. The predicted molar refractivity (Wildman–Crippen MR) is 68.8 cm³/mol. The standard InChI is InChI=1S/C12H21N5/c1-10-9-16(2)6-3-7-17(10)12-14-5-4-11(8-13)15-12/h4-5,10H,3,6-9,13H2,1-2H3. The van der Waals surface area contributed by atoms with E-state index in [0.717, 1.165) is 37.7 Å². The van der Waals surface area contributed by atoms with Crippen LogP contribution in [-0.4, -0.2) is 47.6 Å². The summed E-state index contributed by atoms with van der Waals surface area (Å²) >= 11 is 0. The zero-order chi connectivity index (χ0) is 12.3. The smallest absolute Gasteiger partial charge is 0.225 e. The Kier molecular flexibility index (Phi) is 3.91. The van der Waals surface area contributed by atoms with E-state index >= 15 is 0 Å². The van der Waals surface area contributed by atoms with Gasteiger partial charge in [0.1, 0.15) is 0 Å². The Hall–Kier alpha value is -1.20. The largest absolute Gasteiger partial charge is 0.337 e. The highest BCUT2D eigenvalue weighted by Crippen LogP contribution is 2.15. The van der Waals surface area contributed by atoms with Crippen molar-refractivity contribution in [2.45, 2.75) is 25.9 Å². The van der Waals surface area contributed by atoms with Gasteiger partial charge in [0.05, 0.1) is 5.69 Å². The molecule has 1 fully saturated rings. The van der Waals surface area contributed by atoms with Crippen molar-refractivity contribution in [1.82, 2.24) is 14.9 Å². The number of nitrogens with two attached hydrogens (primary N) is 1. The van der Waals surface area contributed by atoms with E-state index in [2.05, 4.69) is 33.7 Å². The zero-order valence-electron chi connectivity index (χ0n) is 10.6. The Balaban J connectivity index is 2.19. The fourth-order valence-corrected chi connectivity index (χ4v) is 2.31. The van der Waals surface area contributed by atoms with Crippen LogP contribution in [0, 0.1) is 0 Å². The molecule has 1 unspecified atom stereocenters. The summed E-state index contributed by atoms with van der Waals surface area (Å²) < 4.78 is 0. The first kappa shape index (κ1) is 12.3. The maximum atomic E-state index is 5.62. The maximum Gasteiger partial charge on any atom is 0.225 e. The first-order chi connectivity index (χ1) is 8.20. The molecule has 0 bridgehead atoms. The van der Waals surface area contributed by atoms with Crippen LogP contribution < -0.4 is 10.6 Å². The molecule has 1 aliphatic heterocycles. The fraction of sp³-hybridized carbons (Fsp3) is 0.667. The van der Waals surface area contributed by atoms with Gasteiger partial charge in [-0.3, -0.25) is 0 Å². The van der Waals surface area contributed by atoms with E-state index in [0.29, 0.717) is 12.6 Å². The van der Waals surface area contributed by atoms with Crippen molar-refractivity contribution in [2.75, 3.05) is 31.6 Å². The summed E-state index contributed by atoms with van der Waals surface area (Å²) in [4.78, 5) is 13.5. The Morgan fingerprint density at radius 2 is 2.29 bits per heavy atom. The molecule has 1 aromatic rings. The summed E-state index contributed by atoms with van der Waals surface area (Å²) in [7, 11) is 2.16. The van der Waals surface area contributed by atoms with E-state index in [-0.39, 0.29) is 0 Å². The number of likely N-dealkylation sites (N-methyl/N-ethyl adjacent to an activating group) is 1. The highest BCUT2D eigenvalue weighted by Gasteiger charge is 2.21. The number of hydrogen-bond acceptors (Lipinski definition) is 5. The van der Waals surface area contributed by atoms with Gasteiger partial charge in [-0.15, -0.1) is 0 Å². The molecule has 94 valence electrons. The molecule has 2 heterocycles. The maximum absolute atomic E-state index is 5.62. The Morgan fingerprint density at radius 1 is 1.47 bits per heavy atom. The second-order valence-corrected chi connectivity index (χ2v) is 4.71. The van der Waals surface area contributed by atoms with Crippen LogP contribution in [0.1, 0.15) is 19.0 Å². The van der Waals surface area contributed by atoms with Crippen LogP contribution >= 0.6 is 0 Å². The molecule has 1 aromatic heterocycles. The van der Waals surface area contributed by atoms with Gasteiger partial charge in [-0.05, 0) is 33.0 Å². The number of rotatable bonds is 2. The molecule has 1 aliphatic rings. The van der Waals surface area contributed by atoms with E-state index in [1.54, 1.807) is 6.20 Å². The number of hydrogen-bond donors (Lipinski definition) is 1. The fourth-order valence-electron chi connectivity index (χ4n) is 2.31. The summed E-state index contributed by atoms with van der Waals surface area (Å²) in [6, 6.07) is 2.31. The van der Waals surface area contributed by atoms with E-state index < -0.39 is 0 Å². The molecule has 2 N–H and O–H groups in total. The van der Waals surface area contributed by atoms with Crippen molar-refractivity contribution in [1.29, 1.82) is 0 Å². The van der Waals surface area contributed by atoms with Crippen LogP contribution in [0.25, 0.3) is 0 Å². The second-order valence-electron chi connectivity index (χ2n) is 4.71. The molecule has 5 nitrogen and oxygen atoms in total. The van der Waals surface area contributed by atoms with Gasteiger partial charge in [-0.1, -0.05) is 0 Å². The molecule has 0 amide bonds. The highest BCUT2D eigenvalue weighted by atomic mass is 15.3. The molecule has 0 aliphatic carbocycles.